The summed E-state index contributed by atoms with van der Waals surface area (Å²) in [6.45, 7) is 5.87. The molecule has 3 rings (SSSR count). The second-order valence-corrected chi connectivity index (χ2v) is 5.58. The van der Waals surface area contributed by atoms with Crippen LogP contribution in [0.15, 0.2) is 28.8 Å². The largest absolute Gasteiger partial charge is 0.338 e. The minimum absolute atomic E-state index is 0.674. The van der Waals surface area contributed by atoms with Gasteiger partial charge >= 0.3 is 0 Å². The van der Waals surface area contributed by atoms with Crippen LogP contribution in [0, 0.1) is 6.92 Å². The normalized spacial score (nSPS) is 14.9. The van der Waals surface area contributed by atoms with Crippen LogP contribution in [0.5, 0.6) is 0 Å². The van der Waals surface area contributed by atoms with Crippen molar-refractivity contribution in [2.24, 2.45) is 0 Å². The number of rotatable bonds is 6. The fourth-order valence-electron chi connectivity index (χ4n) is 2.35. The van der Waals surface area contributed by atoms with Gasteiger partial charge in [-0.15, -0.1) is 0 Å². The quantitative estimate of drug-likeness (QED) is 0.809. The zero-order valence-electron chi connectivity index (χ0n) is 12.2. The van der Waals surface area contributed by atoms with Crippen LogP contribution in [0.25, 0.3) is 0 Å². The highest BCUT2D eigenvalue weighted by atomic mass is 16.5. The number of nitrogens with zero attached hydrogens (tertiary/aromatic N) is 3. The van der Waals surface area contributed by atoms with E-state index in [2.05, 4.69) is 46.2 Å². The maximum Gasteiger partial charge on any atom is 0.240 e. The summed E-state index contributed by atoms with van der Waals surface area (Å²) in [6, 6.07) is 9.42. The van der Waals surface area contributed by atoms with Gasteiger partial charge in [0.15, 0.2) is 5.82 Å². The predicted octanol–water partition coefficient (Wildman–Crippen LogP) is 3.11. The highest BCUT2D eigenvalue weighted by Gasteiger charge is 2.30. The van der Waals surface area contributed by atoms with E-state index in [-0.39, 0.29) is 0 Å². The van der Waals surface area contributed by atoms with E-state index in [1.165, 1.54) is 24.0 Å². The van der Waals surface area contributed by atoms with Crippen LogP contribution in [-0.4, -0.2) is 21.1 Å². The molecular weight excluding hydrogens is 250 g/mol. The van der Waals surface area contributed by atoms with Gasteiger partial charge in [-0.1, -0.05) is 41.9 Å². The first-order valence-corrected chi connectivity index (χ1v) is 7.35. The SMILES string of the molecule is CCc1noc(CN(Cc2ccc(C)cc2)C2CC2)n1. The van der Waals surface area contributed by atoms with Crippen molar-refractivity contribution < 1.29 is 4.52 Å². The zero-order valence-corrected chi connectivity index (χ0v) is 12.2. The molecule has 20 heavy (non-hydrogen) atoms. The summed E-state index contributed by atoms with van der Waals surface area (Å²) in [4.78, 5) is 6.86. The summed E-state index contributed by atoms with van der Waals surface area (Å²) in [5, 5.41) is 3.97. The van der Waals surface area contributed by atoms with Crippen molar-refractivity contribution in [3.63, 3.8) is 0 Å². The van der Waals surface area contributed by atoms with Gasteiger partial charge in [0.1, 0.15) is 0 Å². The summed E-state index contributed by atoms with van der Waals surface area (Å²) in [7, 11) is 0. The highest BCUT2D eigenvalue weighted by molar-refractivity contribution is 5.21. The Hall–Kier alpha value is -1.68. The van der Waals surface area contributed by atoms with E-state index in [0.29, 0.717) is 6.04 Å². The Bertz CT molecular complexity index is 557. The molecule has 1 aliphatic rings. The molecule has 0 saturated heterocycles. The van der Waals surface area contributed by atoms with E-state index >= 15 is 0 Å². The van der Waals surface area contributed by atoms with E-state index in [1.54, 1.807) is 0 Å². The predicted molar refractivity (Wildman–Crippen MR) is 77.1 cm³/mol. The summed E-state index contributed by atoms with van der Waals surface area (Å²) in [5.41, 5.74) is 2.65. The first kappa shape index (κ1) is 13.3. The van der Waals surface area contributed by atoms with E-state index in [4.69, 9.17) is 4.52 Å². The first-order chi connectivity index (χ1) is 9.74. The Balaban J connectivity index is 1.67. The lowest BCUT2D eigenvalue weighted by Crippen LogP contribution is -2.25. The van der Waals surface area contributed by atoms with Crippen molar-refractivity contribution >= 4 is 0 Å². The van der Waals surface area contributed by atoms with E-state index in [0.717, 1.165) is 31.2 Å². The van der Waals surface area contributed by atoms with E-state index in [9.17, 15) is 0 Å². The molecule has 0 bridgehead atoms. The molecule has 0 aliphatic heterocycles. The van der Waals surface area contributed by atoms with Crippen LogP contribution >= 0.6 is 0 Å². The van der Waals surface area contributed by atoms with Gasteiger partial charge in [0.25, 0.3) is 0 Å². The van der Waals surface area contributed by atoms with Crippen LogP contribution in [0.4, 0.5) is 0 Å². The van der Waals surface area contributed by atoms with E-state index in [1.807, 2.05) is 6.92 Å². The molecule has 1 aromatic heterocycles. The van der Waals surface area contributed by atoms with Crippen LogP contribution in [-0.2, 0) is 19.5 Å². The Morgan fingerprint density at radius 3 is 2.55 bits per heavy atom. The minimum Gasteiger partial charge on any atom is -0.338 e. The molecule has 0 amide bonds. The maximum absolute atomic E-state index is 5.32. The Morgan fingerprint density at radius 2 is 1.95 bits per heavy atom. The number of aromatic nitrogens is 2. The van der Waals surface area contributed by atoms with Crippen molar-refractivity contribution in [1.82, 2.24) is 15.0 Å². The summed E-state index contributed by atoms with van der Waals surface area (Å²) in [6.07, 6.45) is 3.38. The van der Waals surface area contributed by atoms with Gasteiger partial charge in [-0.3, -0.25) is 4.90 Å². The average molecular weight is 271 g/mol. The Labute approximate surface area is 119 Å². The molecule has 4 heteroatoms. The minimum atomic E-state index is 0.674. The molecular formula is C16H21N3O. The molecule has 1 aliphatic carbocycles. The topological polar surface area (TPSA) is 42.2 Å². The molecule has 0 N–H and O–H groups in total. The molecule has 1 heterocycles. The van der Waals surface area contributed by atoms with Crippen LogP contribution < -0.4 is 0 Å². The molecule has 2 aromatic rings. The zero-order chi connectivity index (χ0) is 13.9. The summed E-state index contributed by atoms with van der Waals surface area (Å²) < 4.78 is 5.32. The molecule has 1 fully saturated rings. The van der Waals surface area contributed by atoms with Gasteiger partial charge < -0.3 is 4.52 Å². The lowest BCUT2D eigenvalue weighted by molar-refractivity contribution is 0.209. The van der Waals surface area contributed by atoms with Crippen molar-refractivity contribution in [3.05, 3.63) is 47.1 Å². The van der Waals surface area contributed by atoms with Crippen LogP contribution in [0.1, 0.15) is 42.6 Å². The smallest absolute Gasteiger partial charge is 0.240 e. The summed E-state index contributed by atoms with van der Waals surface area (Å²) in [5.74, 6) is 1.53. The molecule has 106 valence electrons. The van der Waals surface area contributed by atoms with Gasteiger partial charge in [0.05, 0.1) is 6.54 Å². The maximum atomic E-state index is 5.32. The second kappa shape index (κ2) is 5.75. The van der Waals surface area contributed by atoms with Crippen molar-refractivity contribution in [2.75, 3.05) is 0 Å². The average Bonchev–Trinajstić information content (AvgIpc) is 3.21. The second-order valence-electron chi connectivity index (χ2n) is 5.58. The molecule has 0 radical (unpaired) electrons. The third-order valence-electron chi connectivity index (χ3n) is 3.73. The fourth-order valence-corrected chi connectivity index (χ4v) is 2.35. The lowest BCUT2D eigenvalue weighted by Gasteiger charge is -2.20. The number of hydrogen-bond acceptors (Lipinski definition) is 4. The standard InChI is InChI=1S/C16H21N3O/c1-3-15-17-16(20-18-15)11-19(14-8-9-14)10-13-6-4-12(2)5-7-13/h4-7,14H,3,8-11H2,1-2H3. The first-order valence-electron chi connectivity index (χ1n) is 7.35. The third-order valence-corrected chi connectivity index (χ3v) is 3.73. The van der Waals surface area contributed by atoms with Gasteiger partial charge in [-0.05, 0) is 25.3 Å². The Morgan fingerprint density at radius 1 is 1.20 bits per heavy atom. The molecule has 1 aromatic carbocycles. The highest BCUT2D eigenvalue weighted by Crippen LogP contribution is 2.29. The molecule has 4 nitrogen and oxygen atoms in total. The fraction of sp³-hybridized carbons (Fsp3) is 0.500. The Kier molecular flexibility index (Phi) is 3.83. The van der Waals surface area contributed by atoms with Crippen molar-refractivity contribution in [2.45, 2.75) is 52.2 Å². The van der Waals surface area contributed by atoms with E-state index < -0.39 is 0 Å². The number of aryl methyl sites for hydroxylation is 2. The van der Waals surface area contributed by atoms with Gasteiger partial charge in [0, 0.05) is 19.0 Å². The van der Waals surface area contributed by atoms with Gasteiger partial charge in [-0.25, -0.2) is 0 Å². The molecule has 0 atom stereocenters. The monoisotopic (exact) mass is 271 g/mol. The van der Waals surface area contributed by atoms with Crippen molar-refractivity contribution in [3.8, 4) is 0 Å². The lowest BCUT2D eigenvalue weighted by atomic mass is 10.1. The molecule has 0 spiro atoms. The van der Waals surface area contributed by atoms with Crippen LogP contribution in [0.3, 0.4) is 0 Å². The summed E-state index contributed by atoms with van der Waals surface area (Å²) >= 11 is 0. The van der Waals surface area contributed by atoms with Gasteiger partial charge in [0.2, 0.25) is 5.89 Å². The molecule has 1 saturated carbocycles. The number of benzene rings is 1. The van der Waals surface area contributed by atoms with Crippen LogP contribution in [0.2, 0.25) is 0 Å². The van der Waals surface area contributed by atoms with Crippen molar-refractivity contribution in [1.29, 1.82) is 0 Å². The molecule has 0 unspecified atom stereocenters. The van der Waals surface area contributed by atoms with Gasteiger partial charge in [-0.2, -0.15) is 4.98 Å². The number of hydrogen-bond donors (Lipinski definition) is 0. The third kappa shape index (κ3) is 3.25.